The Morgan fingerprint density at radius 2 is 1.75 bits per heavy atom. The van der Waals surface area contributed by atoms with Crippen molar-refractivity contribution in [3.05, 3.63) is 0 Å². The normalized spacial score (nSPS) is 54.5. The van der Waals surface area contributed by atoms with Crippen molar-refractivity contribution < 1.29 is 14.2 Å². The Labute approximate surface area is 72.0 Å². The van der Waals surface area contributed by atoms with Crippen LogP contribution in [-0.2, 0) is 14.2 Å². The van der Waals surface area contributed by atoms with Crippen molar-refractivity contribution in [2.75, 3.05) is 0 Å². The van der Waals surface area contributed by atoms with E-state index in [2.05, 4.69) is 0 Å². The van der Waals surface area contributed by atoms with Crippen molar-refractivity contribution in [2.24, 2.45) is 0 Å². The predicted molar refractivity (Wildman–Crippen MR) is 41.7 cm³/mol. The number of epoxide rings is 1. The maximum Gasteiger partial charge on any atom is 0.163 e. The van der Waals surface area contributed by atoms with Gasteiger partial charge in [-0.2, -0.15) is 0 Å². The standard InChI is InChI=1S/C9H14O3/c1-9(2)11-6-4-3-5-7(10-5)8(6)12-9/h5-8H,3-4H2,1-2H3/t5-,6-,7-,8-/m0/s1. The Morgan fingerprint density at radius 3 is 2.58 bits per heavy atom. The highest BCUT2D eigenvalue weighted by molar-refractivity contribution is 5.03. The third-order valence-electron chi connectivity index (χ3n) is 2.90. The minimum atomic E-state index is -0.393. The quantitative estimate of drug-likeness (QED) is 0.509. The van der Waals surface area contributed by atoms with Gasteiger partial charge in [-0.25, -0.2) is 0 Å². The largest absolute Gasteiger partial charge is 0.367 e. The topological polar surface area (TPSA) is 31.0 Å². The fourth-order valence-electron chi connectivity index (χ4n) is 2.37. The maximum atomic E-state index is 5.76. The summed E-state index contributed by atoms with van der Waals surface area (Å²) in [7, 11) is 0. The van der Waals surface area contributed by atoms with E-state index in [1.807, 2.05) is 13.8 Å². The molecule has 0 N–H and O–H groups in total. The fourth-order valence-corrected chi connectivity index (χ4v) is 2.37. The molecular weight excluding hydrogens is 156 g/mol. The zero-order valence-corrected chi connectivity index (χ0v) is 7.45. The number of hydrogen-bond acceptors (Lipinski definition) is 3. The van der Waals surface area contributed by atoms with Gasteiger partial charge in [0.25, 0.3) is 0 Å². The van der Waals surface area contributed by atoms with Crippen LogP contribution in [0.25, 0.3) is 0 Å². The van der Waals surface area contributed by atoms with Crippen molar-refractivity contribution in [1.82, 2.24) is 0 Å². The van der Waals surface area contributed by atoms with E-state index in [1.54, 1.807) is 0 Å². The van der Waals surface area contributed by atoms with Crippen LogP contribution in [-0.4, -0.2) is 30.2 Å². The highest BCUT2D eigenvalue weighted by Crippen LogP contribution is 2.45. The minimum absolute atomic E-state index is 0.207. The van der Waals surface area contributed by atoms with Gasteiger partial charge in [0.1, 0.15) is 12.2 Å². The first kappa shape index (κ1) is 7.30. The summed E-state index contributed by atoms with van der Waals surface area (Å²) in [6.45, 7) is 3.95. The van der Waals surface area contributed by atoms with Gasteiger partial charge in [-0.3, -0.25) is 0 Å². The molecule has 3 nitrogen and oxygen atoms in total. The van der Waals surface area contributed by atoms with Crippen LogP contribution in [0.2, 0.25) is 0 Å². The first-order valence-corrected chi connectivity index (χ1v) is 4.67. The molecule has 3 heteroatoms. The van der Waals surface area contributed by atoms with Crippen molar-refractivity contribution in [3.8, 4) is 0 Å². The van der Waals surface area contributed by atoms with Gasteiger partial charge in [-0.1, -0.05) is 0 Å². The van der Waals surface area contributed by atoms with Gasteiger partial charge in [0.05, 0.1) is 12.2 Å². The van der Waals surface area contributed by atoms with E-state index in [4.69, 9.17) is 14.2 Å². The summed E-state index contributed by atoms with van der Waals surface area (Å²) in [5.74, 6) is -0.393. The molecule has 4 atom stereocenters. The van der Waals surface area contributed by atoms with Crippen LogP contribution in [0.15, 0.2) is 0 Å². The van der Waals surface area contributed by atoms with Crippen molar-refractivity contribution in [1.29, 1.82) is 0 Å². The molecule has 0 aromatic heterocycles. The molecule has 0 bridgehead atoms. The summed E-state index contributed by atoms with van der Waals surface area (Å²) in [5.41, 5.74) is 0. The monoisotopic (exact) mass is 170 g/mol. The molecule has 1 aliphatic carbocycles. The maximum absolute atomic E-state index is 5.76. The summed E-state index contributed by atoms with van der Waals surface area (Å²) in [6, 6.07) is 0. The predicted octanol–water partition coefficient (Wildman–Crippen LogP) is 1.07. The summed E-state index contributed by atoms with van der Waals surface area (Å²) in [6.07, 6.45) is 3.54. The molecule has 1 saturated carbocycles. The third-order valence-corrected chi connectivity index (χ3v) is 2.90. The molecule has 0 unspecified atom stereocenters. The van der Waals surface area contributed by atoms with Crippen LogP contribution < -0.4 is 0 Å². The summed E-state index contributed by atoms with van der Waals surface area (Å²) in [4.78, 5) is 0. The van der Waals surface area contributed by atoms with E-state index in [1.165, 1.54) is 0 Å². The number of ether oxygens (including phenoxy) is 3. The number of fused-ring (bicyclic) bond motifs is 3. The van der Waals surface area contributed by atoms with E-state index < -0.39 is 5.79 Å². The second kappa shape index (κ2) is 2.03. The van der Waals surface area contributed by atoms with Gasteiger partial charge in [-0.05, 0) is 26.7 Å². The van der Waals surface area contributed by atoms with Crippen LogP contribution in [0.5, 0.6) is 0 Å². The number of hydrogen-bond donors (Lipinski definition) is 0. The van der Waals surface area contributed by atoms with E-state index in [0.29, 0.717) is 12.2 Å². The summed E-state index contributed by atoms with van der Waals surface area (Å²) >= 11 is 0. The molecule has 3 aliphatic rings. The Morgan fingerprint density at radius 1 is 1.00 bits per heavy atom. The van der Waals surface area contributed by atoms with Crippen LogP contribution in [0.4, 0.5) is 0 Å². The second-order valence-electron chi connectivity index (χ2n) is 4.36. The molecule has 2 heterocycles. The van der Waals surface area contributed by atoms with Gasteiger partial charge < -0.3 is 14.2 Å². The highest BCUT2D eigenvalue weighted by atomic mass is 16.8. The lowest BCUT2D eigenvalue weighted by Crippen LogP contribution is -2.33. The van der Waals surface area contributed by atoms with Gasteiger partial charge in [0, 0.05) is 0 Å². The lowest BCUT2D eigenvalue weighted by Gasteiger charge is -2.17. The van der Waals surface area contributed by atoms with Gasteiger partial charge in [-0.15, -0.1) is 0 Å². The molecule has 0 radical (unpaired) electrons. The van der Waals surface area contributed by atoms with Crippen molar-refractivity contribution >= 4 is 0 Å². The molecule has 3 rings (SSSR count). The van der Waals surface area contributed by atoms with Crippen molar-refractivity contribution in [2.45, 2.75) is 56.9 Å². The SMILES string of the molecule is CC1(C)O[C@@H]2[C@H]3O[C@H]3CC[C@@H]2O1. The Hall–Kier alpha value is -0.120. The number of rotatable bonds is 0. The summed E-state index contributed by atoms with van der Waals surface area (Å²) < 4.78 is 17.0. The first-order valence-electron chi connectivity index (χ1n) is 4.67. The van der Waals surface area contributed by atoms with Crippen molar-refractivity contribution in [3.63, 3.8) is 0 Å². The van der Waals surface area contributed by atoms with Crippen LogP contribution in [0.1, 0.15) is 26.7 Å². The molecule has 12 heavy (non-hydrogen) atoms. The molecule has 68 valence electrons. The van der Waals surface area contributed by atoms with Gasteiger partial charge >= 0.3 is 0 Å². The lowest BCUT2D eigenvalue weighted by molar-refractivity contribution is -0.147. The first-order chi connectivity index (χ1) is 5.66. The molecule has 0 amide bonds. The van der Waals surface area contributed by atoms with E-state index in [0.717, 1.165) is 12.8 Å². The van der Waals surface area contributed by atoms with E-state index >= 15 is 0 Å². The van der Waals surface area contributed by atoms with E-state index in [9.17, 15) is 0 Å². The Balaban J connectivity index is 1.81. The lowest BCUT2D eigenvalue weighted by atomic mass is 9.95. The summed E-state index contributed by atoms with van der Waals surface area (Å²) in [5, 5.41) is 0. The third kappa shape index (κ3) is 0.934. The van der Waals surface area contributed by atoms with E-state index in [-0.39, 0.29) is 12.2 Å². The molecule has 0 aromatic rings. The van der Waals surface area contributed by atoms with Gasteiger partial charge in [0.2, 0.25) is 0 Å². The zero-order chi connectivity index (χ0) is 8.34. The fraction of sp³-hybridized carbons (Fsp3) is 1.00. The highest BCUT2D eigenvalue weighted by Gasteiger charge is 2.58. The molecule has 0 spiro atoms. The average Bonchev–Trinajstić information content (AvgIpc) is 2.67. The molecule has 0 aromatic carbocycles. The van der Waals surface area contributed by atoms with Crippen LogP contribution in [0.3, 0.4) is 0 Å². The second-order valence-corrected chi connectivity index (χ2v) is 4.36. The average molecular weight is 170 g/mol. The van der Waals surface area contributed by atoms with Crippen LogP contribution >= 0.6 is 0 Å². The van der Waals surface area contributed by atoms with Crippen LogP contribution in [0, 0.1) is 0 Å². The Bertz CT molecular complexity index is 214. The van der Waals surface area contributed by atoms with Gasteiger partial charge in [0.15, 0.2) is 5.79 Å². The molecule has 2 saturated heterocycles. The molecule has 3 fully saturated rings. The zero-order valence-electron chi connectivity index (χ0n) is 7.45. The molecule has 2 aliphatic heterocycles. The molecular formula is C9H14O3. The Kier molecular flexibility index (Phi) is 1.23. The smallest absolute Gasteiger partial charge is 0.163 e. The minimum Gasteiger partial charge on any atom is -0.367 e.